The fourth-order valence-electron chi connectivity index (χ4n) is 1.82. The summed E-state index contributed by atoms with van der Waals surface area (Å²) in [4.78, 5) is 16.4. The lowest BCUT2D eigenvalue weighted by molar-refractivity contribution is -0.144. The van der Waals surface area contributed by atoms with Gasteiger partial charge < -0.3 is 9.64 Å². The van der Waals surface area contributed by atoms with Gasteiger partial charge in [-0.2, -0.15) is 22.5 Å². The maximum absolute atomic E-state index is 12.4. The van der Waals surface area contributed by atoms with Gasteiger partial charge in [0.25, 0.3) is 0 Å². The van der Waals surface area contributed by atoms with Crippen LogP contribution >= 0.6 is 11.5 Å². The number of hydrogen-bond acceptors (Lipinski definition) is 6. The standard InChI is InChI=1S/C9H10F3N3O2S/c1-17-6(16)5-3-2-4-15(5)8-13-7(14-18-8)9(10,11)12/h5H,2-4H2,1H3. The number of carbonyl (C=O) groups excluding carboxylic acids is 1. The van der Waals surface area contributed by atoms with Gasteiger partial charge in [0.1, 0.15) is 6.04 Å². The number of aromatic nitrogens is 2. The van der Waals surface area contributed by atoms with Crippen LogP contribution < -0.4 is 4.90 Å². The number of anilines is 1. The number of hydrogen-bond donors (Lipinski definition) is 0. The molecule has 1 aliphatic heterocycles. The van der Waals surface area contributed by atoms with Crippen LogP contribution in [-0.2, 0) is 15.7 Å². The Kier molecular flexibility index (Phi) is 3.42. The first kappa shape index (κ1) is 13.1. The van der Waals surface area contributed by atoms with Gasteiger partial charge in [0, 0.05) is 18.1 Å². The summed E-state index contributed by atoms with van der Waals surface area (Å²) in [7, 11) is 1.25. The van der Waals surface area contributed by atoms with E-state index in [2.05, 4.69) is 14.1 Å². The van der Waals surface area contributed by atoms with Crippen LogP contribution in [0.2, 0.25) is 0 Å². The van der Waals surface area contributed by atoms with Crippen LogP contribution in [0.3, 0.4) is 0 Å². The third-order valence-corrected chi connectivity index (χ3v) is 3.39. The highest BCUT2D eigenvalue weighted by Crippen LogP contribution is 2.33. The molecule has 5 nitrogen and oxygen atoms in total. The summed E-state index contributed by atoms with van der Waals surface area (Å²) in [5.41, 5.74) is 0. The van der Waals surface area contributed by atoms with Gasteiger partial charge in [-0.15, -0.1) is 0 Å². The van der Waals surface area contributed by atoms with Crippen LogP contribution in [0.25, 0.3) is 0 Å². The van der Waals surface area contributed by atoms with Crippen molar-refractivity contribution in [3.63, 3.8) is 0 Å². The predicted molar refractivity (Wildman–Crippen MR) is 57.3 cm³/mol. The Morgan fingerprint density at radius 1 is 1.56 bits per heavy atom. The molecule has 0 aliphatic carbocycles. The number of esters is 1. The van der Waals surface area contributed by atoms with Crippen molar-refractivity contribution in [2.75, 3.05) is 18.6 Å². The molecule has 1 saturated heterocycles. The van der Waals surface area contributed by atoms with Gasteiger partial charge >= 0.3 is 12.1 Å². The molecule has 1 aromatic rings. The third kappa shape index (κ3) is 2.40. The van der Waals surface area contributed by atoms with Gasteiger partial charge in [0.05, 0.1) is 7.11 Å². The summed E-state index contributed by atoms with van der Waals surface area (Å²) >= 11 is 0.642. The van der Waals surface area contributed by atoms with Crippen LogP contribution in [0.5, 0.6) is 0 Å². The van der Waals surface area contributed by atoms with E-state index in [4.69, 9.17) is 0 Å². The number of carbonyl (C=O) groups is 1. The maximum atomic E-state index is 12.4. The van der Waals surface area contributed by atoms with Crippen molar-refractivity contribution in [3.05, 3.63) is 5.82 Å². The molecule has 18 heavy (non-hydrogen) atoms. The fraction of sp³-hybridized carbons (Fsp3) is 0.667. The molecule has 0 aromatic carbocycles. The number of alkyl halides is 3. The molecule has 0 radical (unpaired) electrons. The average Bonchev–Trinajstić information content (AvgIpc) is 2.94. The molecule has 100 valence electrons. The first-order valence-electron chi connectivity index (χ1n) is 5.19. The summed E-state index contributed by atoms with van der Waals surface area (Å²) in [5, 5.41) is 0.107. The van der Waals surface area contributed by atoms with Gasteiger partial charge in [-0.3, -0.25) is 0 Å². The lowest BCUT2D eigenvalue weighted by Gasteiger charge is -2.20. The Morgan fingerprint density at radius 3 is 2.83 bits per heavy atom. The Balaban J connectivity index is 2.21. The smallest absolute Gasteiger partial charge is 0.452 e. The number of methoxy groups -OCH3 is 1. The maximum Gasteiger partial charge on any atom is 0.452 e. The van der Waals surface area contributed by atoms with E-state index < -0.39 is 24.0 Å². The minimum atomic E-state index is -4.56. The highest BCUT2D eigenvalue weighted by molar-refractivity contribution is 7.09. The molecular weight excluding hydrogens is 271 g/mol. The van der Waals surface area contributed by atoms with Crippen molar-refractivity contribution in [1.82, 2.24) is 9.36 Å². The van der Waals surface area contributed by atoms with E-state index in [9.17, 15) is 18.0 Å². The number of ether oxygens (including phenoxy) is 1. The van der Waals surface area contributed by atoms with Gasteiger partial charge in [0.15, 0.2) is 0 Å². The quantitative estimate of drug-likeness (QED) is 0.772. The first-order valence-corrected chi connectivity index (χ1v) is 5.96. The van der Waals surface area contributed by atoms with Crippen LogP contribution in [0.4, 0.5) is 18.3 Å². The summed E-state index contributed by atoms with van der Waals surface area (Å²) in [6.07, 6.45) is -3.30. The molecule has 1 aliphatic rings. The Labute approximate surface area is 105 Å². The molecule has 2 rings (SSSR count). The van der Waals surface area contributed by atoms with Crippen molar-refractivity contribution in [1.29, 1.82) is 0 Å². The van der Waals surface area contributed by atoms with E-state index in [1.165, 1.54) is 12.0 Å². The van der Waals surface area contributed by atoms with Gasteiger partial charge in [-0.05, 0) is 12.8 Å². The van der Waals surface area contributed by atoms with Gasteiger partial charge in [0.2, 0.25) is 11.0 Å². The van der Waals surface area contributed by atoms with Crippen molar-refractivity contribution < 1.29 is 22.7 Å². The van der Waals surface area contributed by atoms with Gasteiger partial charge in [-0.25, -0.2) is 4.79 Å². The molecule has 0 N–H and O–H groups in total. The van der Waals surface area contributed by atoms with Crippen molar-refractivity contribution in [2.24, 2.45) is 0 Å². The van der Waals surface area contributed by atoms with E-state index in [1.54, 1.807) is 0 Å². The molecule has 1 unspecified atom stereocenters. The van der Waals surface area contributed by atoms with Gasteiger partial charge in [-0.1, -0.05) is 0 Å². The Bertz CT molecular complexity index is 449. The fourth-order valence-corrected chi connectivity index (χ4v) is 2.59. The lowest BCUT2D eigenvalue weighted by Crippen LogP contribution is -2.36. The summed E-state index contributed by atoms with van der Waals surface area (Å²) in [5.74, 6) is -1.63. The second-order valence-corrected chi connectivity index (χ2v) is 4.50. The zero-order valence-corrected chi connectivity index (χ0v) is 10.2. The Morgan fingerprint density at radius 2 is 2.28 bits per heavy atom. The second-order valence-electron chi connectivity index (χ2n) is 3.77. The van der Waals surface area contributed by atoms with Crippen molar-refractivity contribution in [3.8, 4) is 0 Å². The third-order valence-electron chi connectivity index (χ3n) is 2.64. The second kappa shape index (κ2) is 4.71. The number of halogens is 3. The molecule has 0 spiro atoms. The van der Waals surface area contributed by atoms with Crippen LogP contribution in [0.15, 0.2) is 0 Å². The predicted octanol–water partition coefficient (Wildman–Crippen LogP) is 1.70. The summed E-state index contributed by atoms with van der Waals surface area (Å²) in [6, 6.07) is -0.566. The van der Waals surface area contributed by atoms with Crippen LogP contribution in [-0.4, -0.2) is 35.0 Å². The monoisotopic (exact) mass is 281 g/mol. The molecule has 0 bridgehead atoms. The normalized spacial score (nSPS) is 20.2. The molecule has 9 heteroatoms. The first-order chi connectivity index (χ1) is 8.43. The summed E-state index contributed by atoms with van der Waals surface area (Å²) in [6.45, 7) is 0.478. The van der Waals surface area contributed by atoms with Crippen LogP contribution in [0, 0.1) is 0 Å². The number of nitrogens with zero attached hydrogens (tertiary/aromatic N) is 3. The van der Waals surface area contributed by atoms with E-state index in [-0.39, 0.29) is 5.13 Å². The van der Waals surface area contributed by atoms with E-state index in [0.29, 0.717) is 30.9 Å². The molecule has 1 fully saturated rings. The number of rotatable bonds is 2. The van der Waals surface area contributed by atoms with E-state index in [1.807, 2.05) is 0 Å². The lowest BCUT2D eigenvalue weighted by atomic mass is 10.2. The van der Waals surface area contributed by atoms with Crippen molar-refractivity contribution in [2.45, 2.75) is 25.1 Å². The highest BCUT2D eigenvalue weighted by atomic mass is 32.1. The highest BCUT2D eigenvalue weighted by Gasteiger charge is 2.39. The SMILES string of the molecule is COC(=O)C1CCCN1c1nc(C(F)(F)F)ns1. The molecule has 0 saturated carbocycles. The zero-order valence-electron chi connectivity index (χ0n) is 9.40. The molecule has 1 aromatic heterocycles. The minimum Gasteiger partial charge on any atom is -0.467 e. The average molecular weight is 281 g/mol. The van der Waals surface area contributed by atoms with Crippen LogP contribution in [0.1, 0.15) is 18.7 Å². The van der Waals surface area contributed by atoms with Crippen molar-refractivity contribution >= 4 is 22.6 Å². The summed E-state index contributed by atoms with van der Waals surface area (Å²) < 4.78 is 45.0. The molecular formula is C9H10F3N3O2S. The zero-order chi connectivity index (χ0) is 13.3. The molecule has 2 heterocycles. The molecule has 0 amide bonds. The minimum absolute atomic E-state index is 0.107. The molecule has 1 atom stereocenters. The Hall–Kier alpha value is -1.38. The topological polar surface area (TPSA) is 55.3 Å². The largest absolute Gasteiger partial charge is 0.467 e. The van der Waals surface area contributed by atoms with E-state index >= 15 is 0 Å². The van der Waals surface area contributed by atoms with E-state index in [0.717, 1.165) is 0 Å².